The van der Waals surface area contributed by atoms with Crippen LogP contribution in [0.4, 0.5) is 0 Å². The number of nitrogens with one attached hydrogen (secondary N) is 1. The van der Waals surface area contributed by atoms with E-state index >= 15 is 0 Å². The van der Waals surface area contributed by atoms with Crippen molar-refractivity contribution in [1.29, 1.82) is 0 Å². The Morgan fingerprint density at radius 2 is 0.634 bits per heavy atom. The molecule has 0 spiro atoms. The Balaban J connectivity index is 3.59. The van der Waals surface area contributed by atoms with Gasteiger partial charge in [-0.05, 0) is 96.3 Å². The second-order valence-corrected chi connectivity index (χ2v) is 20.4. The van der Waals surface area contributed by atoms with Gasteiger partial charge in [0.05, 0.1) is 18.8 Å². The second-order valence-electron chi connectivity index (χ2n) is 20.4. The molecule has 3 N–H and O–H groups in total. The van der Waals surface area contributed by atoms with Crippen molar-refractivity contribution in [3.05, 3.63) is 109 Å². The first-order valence-electron chi connectivity index (χ1n) is 30.6. The van der Waals surface area contributed by atoms with Crippen molar-refractivity contribution in [2.24, 2.45) is 0 Å². The minimum Gasteiger partial charge on any atom is -0.394 e. The van der Waals surface area contributed by atoms with Gasteiger partial charge >= 0.3 is 0 Å². The van der Waals surface area contributed by atoms with Gasteiger partial charge in [0.1, 0.15) is 0 Å². The molecule has 0 aliphatic carbocycles. The predicted octanol–water partition coefficient (Wildman–Crippen LogP) is 20.6. The van der Waals surface area contributed by atoms with Crippen LogP contribution < -0.4 is 5.32 Å². The molecule has 2 unspecified atom stereocenters. The van der Waals surface area contributed by atoms with Crippen molar-refractivity contribution in [2.75, 3.05) is 6.61 Å². The number of hydrogen-bond donors (Lipinski definition) is 3. The normalized spacial score (nSPS) is 13.6. The summed E-state index contributed by atoms with van der Waals surface area (Å²) in [5.74, 6) is -0.0850. The number of rotatable bonds is 55. The molecule has 0 rings (SSSR count). The Labute approximate surface area is 442 Å². The van der Waals surface area contributed by atoms with Crippen LogP contribution in [0.25, 0.3) is 0 Å². The molecule has 0 radical (unpaired) electrons. The van der Waals surface area contributed by atoms with E-state index in [4.69, 9.17) is 0 Å². The average molecular weight is 985 g/mol. The van der Waals surface area contributed by atoms with Crippen LogP contribution in [-0.2, 0) is 4.79 Å². The highest BCUT2D eigenvalue weighted by Crippen LogP contribution is 2.16. The number of carbonyl (C=O) groups excluding carboxylic acids is 1. The molecule has 2 atom stereocenters. The zero-order valence-electron chi connectivity index (χ0n) is 47.0. The molecule has 0 heterocycles. The lowest BCUT2D eigenvalue weighted by Gasteiger charge is -2.19. The van der Waals surface area contributed by atoms with Crippen molar-refractivity contribution >= 4 is 5.91 Å². The van der Waals surface area contributed by atoms with Gasteiger partial charge < -0.3 is 15.5 Å². The van der Waals surface area contributed by atoms with Gasteiger partial charge in [0.25, 0.3) is 0 Å². The van der Waals surface area contributed by atoms with E-state index in [2.05, 4.69) is 116 Å². The first-order chi connectivity index (χ1) is 35.2. The molecule has 0 aromatic carbocycles. The summed E-state index contributed by atoms with van der Waals surface area (Å²) in [5.41, 5.74) is 0. The molecule has 0 bridgehead atoms. The van der Waals surface area contributed by atoms with E-state index < -0.39 is 12.1 Å². The van der Waals surface area contributed by atoms with Crippen LogP contribution in [-0.4, -0.2) is 34.9 Å². The third-order valence-corrected chi connectivity index (χ3v) is 13.5. The zero-order chi connectivity index (χ0) is 51.3. The smallest absolute Gasteiger partial charge is 0.220 e. The van der Waals surface area contributed by atoms with Crippen molar-refractivity contribution < 1.29 is 15.0 Å². The van der Waals surface area contributed by atoms with E-state index in [1.165, 1.54) is 186 Å². The lowest BCUT2D eigenvalue weighted by Crippen LogP contribution is -2.45. The van der Waals surface area contributed by atoms with Crippen LogP contribution in [0.5, 0.6) is 0 Å². The Hall–Kier alpha value is -2.95. The fraction of sp³-hybridized carbons (Fsp3) is 0.716. The second kappa shape index (κ2) is 61.4. The average Bonchev–Trinajstić information content (AvgIpc) is 3.37. The molecule has 0 saturated carbocycles. The fourth-order valence-electron chi connectivity index (χ4n) is 8.86. The molecule has 0 aromatic rings. The summed E-state index contributed by atoms with van der Waals surface area (Å²) >= 11 is 0. The van der Waals surface area contributed by atoms with Crippen molar-refractivity contribution in [3.63, 3.8) is 0 Å². The Morgan fingerprint density at radius 1 is 0.352 bits per heavy atom. The van der Waals surface area contributed by atoms with E-state index in [1.54, 1.807) is 6.08 Å². The van der Waals surface area contributed by atoms with Gasteiger partial charge in [-0.15, -0.1) is 0 Å². The number of unbranched alkanes of at least 4 members (excludes halogenated alkanes) is 32. The van der Waals surface area contributed by atoms with E-state index in [0.29, 0.717) is 6.42 Å². The van der Waals surface area contributed by atoms with Crippen molar-refractivity contribution in [3.8, 4) is 0 Å². The molecule has 408 valence electrons. The zero-order valence-corrected chi connectivity index (χ0v) is 47.0. The monoisotopic (exact) mass is 984 g/mol. The topological polar surface area (TPSA) is 69.6 Å². The highest BCUT2D eigenvalue weighted by Gasteiger charge is 2.18. The van der Waals surface area contributed by atoms with Crippen LogP contribution in [0.3, 0.4) is 0 Å². The first-order valence-corrected chi connectivity index (χ1v) is 30.6. The SMILES string of the molecule is CC/C=C\C/C=C\C/C=C\C/C=C\C/C=C\C/C=C\CCCCCCCCCCCCC(=O)NC(CO)C(O)/C=C/CC/C=C/CC/C=C/CCCCCCCCCCCCCCCCCCCCCC. The minimum absolute atomic E-state index is 0.0850. The van der Waals surface area contributed by atoms with Crippen LogP contribution in [0, 0.1) is 0 Å². The van der Waals surface area contributed by atoms with Gasteiger partial charge in [-0.25, -0.2) is 0 Å². The molecule has 4 heteroatoms. The van der Waals surface area contributed by atoms with Gasteiger partial charge in [0.2, 0.25) is 5.91 Å². The molecule has 0 aromatic heterocycles. The van der Waals surface area contributed by atoms with Crippen LogP contribution in [0.15, 0.2) is 109 Å². The van der Waals surface area contributed by atoms with E-state index in [9.17, 15) is 15.0 Å². The van der Waals surface area contributed by atoms with Crippen molar-refractivity contribution in [2.45, 2.75) is 302 Å². The maximum Gasteiger partial charge on any atom is 0.220 e. The maximum atomic E-state index is 12.5. The number of allylic oxidation sites excluding steroid dienone is 17. The largest absolute Gasteiger partial charge is 0.394 e. The molecular formula is C67H117NO3. The summed E-state index contributed by atoms with van der Waals surface area (Å²) in [4.78, 5) is 12.5. The highest BCUT2D eigenvalue weighted by molar-refractivity contribution is 5.76. The molecular weight excluding hydrogens is 867 g/mol. The van der Waals surface area contributed by atoms with E-state index in [0.717, 1.165) is 83.5 Å². The van der Waals surface area contributed by atoms with Gasteiger partial charge in [-0.2, -0.15) is 0 Å². The summed E-state index contributed by atoms with van der Waals surface area (Å²) < 4.78 is 0. The number of hydrogen-bond acceptors (Lipinski definition) is 3. The van der Waals surface area contributed by atoms with Gasteiger partial charge in [-0.1, -0.05) is 297 Å². The van der Waals surface area contributed by atoms with E-state index in [-0.39, 0.29) is 12.5 Å². The lowest BCUT2D eigenvalue weighted by atomic mass is 10.0. The Morgan fingerprint density at radius 3 is 0.986 bits per heavy atom. The number of aliphatic hydroxyl groups excluding tert-OH is 2. The summed E-state index contributed by atoms with van der Waals surface area (Å²) in [6, 6.07) is -0.657. The summed E-state index contributed by atoms with van der Waals surface area (Å²) in [5, 5.41) is 23.2. The minimum atomic E-state index is -0.881. The quantitative estimate of drug-likeness (QED) is 0.0420. The fourth-order valence-corrected chi connectivity index (χ4v) is 8.86. The molecule has 0 aliphatic heterocycles. The molecule has 0 fully saturated rings. The number of amides is 1. The van der Waals surface area contributed by atoms with E-state index in [1.807, 2.05) is 6.08 Å². The summed E-state index contributed by atoms with van der Waals surface area (Å²) in [6.07, 6.45) is 92.7. The van der Waals surface area contributed by atoms with Crippen LogP contribution in [0.1, 0.15) is 290 Å². The van der Waals surface area contributed by atoms with Gasteiger partial charge in [0.15, 0.2) is 0 Å². The predicted molar refractivity (Wildman–Crippen MR) is 317 cm³/mol. The van der Waals surface area contributed by atoms with Gasteiger partial charge in [0, 0.05) is 6.42 Å². The molecule has 1 amide bonds. The van der Waals surface area contributed by atoms with Crippen LogP contribution >= 0.6 is 0 Å². The first kappa shape index (κ1) is 68.0. The summed E-state index contributed by atoms with van der Waals surface area (Å²) in [7, 11) is 0. The molecule has 0 aliphatic rings. The highest BCUT2D eigenvalue weighted by atomic mass is 16.3. The van der Waals surface area contributed by atoms with Crippen molar-refractivity contribution in [1.82, 2.24) is 5.32 Å². The third-order valence-electron chi connectivity index (χ3n) is 13.5. The molecule has 0 saturated heterocycles. The maximum absolute atomic E-state index is 12.5. The molecule has 71 heavy (non-hydrogen) atoms. The lowest BCUT2D eigenvalue weighted by molar-refractivity contribution is -0.123. The molecule has 4 nitrogen and oxygen atoms in total. The Bertz CT molecular complexity index is 1350. The number of carbonyl (C=O) groups is 1. The van der Waals surface area contributed by atoms with Gasteiger partial charge in [-0.3, -0.25) is 4.79 Å². The third kappa shape index (κ3) is 57.8. The Kier molecular flexibility index (Phi) is 58.8. The number of aliphatic hydroxyl groups is 2. The summed E-state index contributed by atoms with van der Waals surface area (Å²) in [6.45, 7) is 4.19. The standard InChI is InChI=1S/C67H117NO3/c1-3-5-7-9-11-13-15-17-19-21-23-25-27-29-31-33-35-36-38-40-42-44-46-48-50-52-54-56-58-60-62-66(70)65(64-69)68-67(71)63-61-59-57-55-53-51-49-47-45-43-41-39-37-34-32-30-28-26-24-22-20-18-16-14-12-10-8-6-4-2/h6,8,12,14,18,20,24,26,30,32,37,39,44,46,52,54,60,62,65-66,69-70H,3-5,7,9-11,13,15-17,19,21-23,25,27-29,31,33-36,38,40-43,45,47-51,53,55-59,61,63-64H2,1-2H3,(H,68,71)/b8-6-,14-12-,20-18-,26-24-,32-30-,39-37-,46-44+,54-52+,62-60+. The van der Waals surface area contributed by atoms with Crippen LogP contribution in [0.2, 0.25) is 0 Å².